The van der Waals surface area contributed by atoms with Crippen LogP contribution in [0.25, 0.3) is 0 Å². The molecule has 76 valence electrons. The third kappa shape index (κ3) is 2.78. The zero-order chi connectivity index (χ0) is 9.84. The van der Waals surface area contributed by atoms with Crippen LogP contribution in [0.5, 0.6) is 0 Å². The van der Waals surface area contributed by atoms with Gasteiger partial charge in [-0.1, -0.05) is 0 Å². The van der Waals surface area contributed by atoms with Gasteiger partial charge in [0.15, 0.2) is 0 Å². The quantitative estimate of drug-likeness (QED) is 0.659. The van der Waals surface area contributed by atoms with Crippen LogP contribution in [0, 0.1) is 0 Å². The smallest absolute Gasteiger partial charge is 0.135 e. The first-order chi connectivity index (χ1) is 6.15. The Morgan fingerprint density at radius 3 is 2.92 bits per heavy atom. The number of nitrogens with zero attached hydrogens (tertiary/aromatic N) is 1. The molecule has 0 bridgehead atoms. The molecule has 0 aromatic heterocycles. The molecule has 0 amide bonds. The maximum Gasteiger partial charge on any atom is 0.135 e. The Balaban J connectivity index is 2.45. The Morgan fingerprint density at radius 1 is 1.69 bits per heavy atom. The molecule has 13 heavy (non-hydrogen) atoms. The van der Waals surface area contributed by atoms with E-state index in [9.17, 15) is 4.79 Å². The first-order valence-corrected chi connectivity index (χ1v) is 4.91. The van der Waals surface area contributed by atoms with Crippen LogP contribution in [0.1, 0.15) is 26.7 Å². The molecule has 2 atom stereocenters. The number of ketones is 1. The minimum absolute atomic E-state index is 0.381. The molecule has 0 aromatic carbocycles. The fourth-order valence-electron chi connectivity index (χ4n) is 2.01. The summed E-state index contributed by atoms with van der Waals surface area (Å²) < 4.78 is 5.11. The molecule has 0 aliphatic carbocycles. The molecular weight excluding hydrogens is 166 g/mol. The topological polar surface area (TPSA) is 29.5 Å². The summed E-state index contributed by atoms with van der Waals surface area (Å²) in [5.41, 5.74) is 0. The van der Waals surface area contributed by atoms with Gasteiger partial charge < -0.3 is 4.74 Å². The predicted octanol–water partition coefficient (Wildman–Crippen LogP) is 1.07. The van der Waals surface area contributed by atoms with Gasteiger partial charge >= 0.3 is 0 Å². The van der Waals surface area contributed by atoms with Crippen molar-refractivity contribution in [3.05, 3.63) is 0 Å². The predicted molar refractivity (Wildman–Crippen MR) is 51.7 cm³/mol. The summed E-state index contributed by atoms with van der Waals surface area (Å²) >= 11 is 0. The fourth-order valence-corrected chi connectivity index (χ4v) is 2.01. The summed E-state index contributed by atoms with van der Waals surface area (Å²) in [4.78, 5) is 13.5. The molecule has 0 radical (unpaired) electrons. The van der Waals surface area contributed by atoms with E-state index in [1.165, 1.54) is 0 Å². The van der Waals surface area contributed by atoms with Crippen molar-refractivity contribution in [2.75, 3.05) is 20.3 Å². The number of likely N-dealkylation sites (tertiary alicyclic amines) is 1. The molecule has 0 saturated carbocycles. The van der Waals surface area contributed by atoms with E-state index in [-0.39, 0.29) is 0 Å². The minimum Gasteiger partial charge on any atom is -0.383 e. The van der Waals surface area contributed by atoms with Crippen molar-refractivity contribution < 1.29 is 9.53 Å². The Labute approximate surface area is 80.1 Å². The lowest BCUT2D eigenvalue weighted by molar-refractivity contribution is -0.123. The number of ether oxygens (including phenoxy) is 1. The van der Waals surface area contributed by atoms with E-state index in [4.69, 9.17) is 4.74 Å². The normalized spacial score (nSPS) is 27.6. The van der Waals surface area contributed by atoms with Crippen molar-refractivity contribution in [1.82, 2.24) is 4.90 Å². The van der Waals surface area contributed by atoms with Crippen LogP contribution in [-0.2, 0) is 9.53 Å². The van der Waals surface area contributed by atoms with Crippen LogP contribution in [0.15, 0.2) is 0 Å². The highest BCUT2D eigenvalue weighted by Gasteiger charge is 2.26. The summed E-state index contributed by atoms with van der Waals surface area (Å²) in [6.07, 6.45) is 1.41. The molecule has 2 unspecified atom stereocenters. The van der Waals surface area contributed by atoms with Gasteiger partial charge in [-0.25, -0.2) is 0 Å². The van der Waals surface area contributed by atoms with E-state index in [0.717, 1.165) is 13.2 Å². The standard InChI is InChI=1S/C10H19NO2/c1-8-6-10(12)4-5-11(8)9(2)7-13-3/h8-9H,4-7H2,1-3H3. The van der Waals surface area contributed by atoms with Crippen molar-refractivity contribution >= 4 is 5.78 Å². The van der Waals surface area contributed by atoms with E-state index >= 15 is 0 Å². The Kier molecular flexibility index (Phi) is 3.88. The third-order valence-electron chi connectivity index (χ3n) is 2.71. The highest BCUT2D eigenvalue weighted by atomic mass is 16.5. The lowest BCUT2D eigenvalue weighted by Crippen LogP contribution is -2.47. The second-order valence-corrected chi connectivity index (χ2v) is 3.88. The highest BCUT2D eigenvalue weighted by Crippen LogP contribution is 2.16. The van der Waals surface area contributed by atoms with Crippen molar-refractivity contribution in [1.29, 1.82) is 0 Å². The van der Waals surface area contributed by atoms with Crippen molar-refractivity contribution in [2.24, 2.45) is 0 Å². The second-order valence-electron chi connectivity index (χ2n) is 3.88. The van der Waals surface area contributed by atoms with Crippen molar-refractivity contribution in [3.8, 4) is 0 Å². The average molecular weight is 185 g/mol. The second kappa shape index (κ2) is 4.72. The average Bonchev–Trinajstić information content (AvgIpc) is 2.04. The first kappa shape index (κ1) is 10.7. The maximum absolute atomic E-state index is 11.1. The number of carbonyl (C=O) groups is 1. The molecule has 1 fully saturated rings. The van der Waals surface area contributed by atoms with Crippen LogP contribution in [-0.4, -0.2) is 43.0 Å². The van der Waals surface area contributed by atoms with E-state index < -0.39 is 0 Å². The summed E-state index contributed by atoms with van der Waals surface area (Å²) in [6, 6.07) is 0.805. The first-order valence-electron chi connectivity index (χ1n) is 4.91. The van der Waals surface area contributed by atoms with Crippen LogP contribution in [0.3, 0.4) is 0 Å². The Hall–Kier alpha value is -0.410. The summed E-state index contributed by atoms with van der Waals surface area (Å²) in [7, 11) is 1.72. The third-order valence-corrected chi connectivity index (χ3v) is 2.71. The zero-order valence-electron chi connectivity index (χ0n) is 8.75. The van der Waals surface area contributed by atoms with Crippen LogP contribution < -0.4 is 0 Å². The SMILES string of the molecule is COCC(C)N1CCC(=O)CC1C. The van der Waals surface area contributed by atoms with E-state index in [2.05, 4.69) is 18.7 Å². The van der Waals surface area contributed by atoms with Crippen molar-refractivity contribution in [3.63, 3.8) is 0 Å². The summed E-state index contributed by atoms with van der Waals surface area (Å²) in [6.45, 7) is 5.90. The number of carbonyl (C=O) groups excluding carboxylic acids is 1. The van der Waals surface area contributed by atoms with Gasteiger partial charge in [0.2, 0.25) is 0 Å². The lowest BCUT2D eigenvalue weighted by Gasteiger charge is -2.37. The summed E-state index contributed by atoms with van der Waals surface area (Å²) in [5.74, 6) is 0.397. The largest absolute Gasteiger partial charge is 0.383 e. The maximum atomic E-state index is 11.1. The van der Waals surface area contributed by atoms with Crippen molar-refractivity contribution in [2.45, 2.75) is 38.8 Å². The van der Waals surface area contributed by atoms with Gasteiger partial charge in [0.25, 0.3) is 0 Å². The van der Waals surface area contributed by atoms with E-state index in [1.54, 1.807) is 7.11 Å². The highest BCUT2D eigenvalue weighted by molar-refractivity contribution is 5.79. The number of hydrogen-bond donors (Lipinski definition) is 0. The lowest BCUT2D eigenvalue weighted by atomic mass is 10.0. The molecule has 0 spiro atoms. The summed E-state index contributed by atoms with van der Waals surface area (Å²) in [5, 5.41) is 0. The van der Waals surface area contributed by atoms with Crippen LogP contribution >= 0.6 is 0 Å². The molecule has 0 N–H and O–H groups in total. The molecule has 1 rings (SSSR count). The van der Waals surface area contributed by atoms with Gasteiger partial charge in [0.05, 0.1) is 6.61 Å². The van der Waals surface area contributed by atoms with Gasteiger partial charge in [-0.05, 0) is 13.8 Å². The number of Topliss-reactive ketones (excluding diaryl/α,β-unsaturated/α-hetero) is 1. The molecule has 1 aliphatic heterocycles. The minimum atomic E-state index is 0.381. The molecule has 1 saturated heterocycles. The van der Waals surface area contributed by atoms with Gasteiger partial charge in [-0.3, -0.25) is 9.69 Å². The Bertz CT molecular complexity index is 182. The van der Waals surface area contributed by atoms with E-state index in [0.29, 0.717) is 30.7 Å². The Morgan fingerprint density at radius 2 is 2.38 bits per heavy atom. The molecule has 0 aromatic rings. The van der Waals surface area contributed by atoms with Gasteiger partial charge in [-0.15, -0.1) is 0 Å². The number of hydrogen-bond acceptors (Lipinski definition) is 3. The molecule has 3 nitrogen and oxygen atoms in total. The molecule has 1 heterocycles. The fraction of sp³-hybridized carbons (Fsp3) is 0.900. The van der Waals surface area contributed by atoms with E-state index in [1.807, 2.05) is 0 Å². The van der Waals surface area contributed by atoms with Gasteiger partial charge in [-0.2, -0.15) is 0 Å². The monoisotopic (exact) mass is 185 g/mol. The number of methoxy groups -OCH3 is 1. The van der Waals surface area contributed by atoms with Crippen LogP contribution in [0.2, 0.25) is 0 Å². The zero-order valence-corrected chi connectivity index (χ0v) is 8.75. The molecular formula is C10H19NO2. The molecule has 1 aliphatic rings. The van der Waals surface area contributed by atoms with Gasteiger partial charge in [0.1, 0.15) is 5.78 Å². The number of rotatable bonds is 3. The van der Waals surface area contributed by atoms with Gasteiger partial charge in [0, 0.05) is 38.6 Å². The molecule has 3 heteroatoms. The van der Waals surface area contributed by atoms with Crippen LogP contribution in [0.4, 0.5) is 0 Å². The number of piperidine rings is 1.